The number of hydrogen-bond donors (Lipinski definition) is 0. The van der Waals surface area contributed by atoms with Gasteiger partial charge < -0.3 is 18.9 Å². The minimum Gasteiger partial charge on any atom is -0.497 e. The van der Waals surface area contributed by atoms with Crippen LogP contribution in [0.4, 0.5) is 0 Å². The highest BCUT2D eigenvalue weighted by Gasteiger charge is 2.15. The van der Waals surface area contributed by atoms with Gasteiger partial charge in [-0.1, -0.05) is 0 Å². The zero-order valence-corrected chi connectivity index (χ0v) is 14.6. The van der Waals surface area contributed by atoms with Crippen LogP contribution in [-0.2, 0) is 0 Å². The first kappa shape index (κ1) is 16.7. The Morgan fingerprint density at radius 1 is 0.720 bits per heavy atom. The van der Waals surface area contributed by atoms with Gasteiger partial charge in [0.05, 0.1) is 46.0 Å². The van der Waals surface area contributed by atoms with Crippen molar-refractivity contribution >= 4 is 0 Å². The molecule has 0 amide bonds. The molecule has 2 aromatic carbocycles. The van der Waals surface area contributed by atoms with Crippen LogP contribution in [0.3, 0.4) is 0 Å². The first-order valence-electron chi connectivity index (χ1n) is 7.70. The molecule has 0 aliphatic heterocycles. The van der Waals surface area contributed by atoms with E-state index >= 15 is 0 Å². The zero-order valence-electron chi connectivity index (χ0n) is 14.6. The number of aromatic nitrogens is 2. The van der Waals surface area contributed by atoms with Crippen molar-refractivity contribution in [2.75, 3.05) is 28.4 Å². The summed E-state index contributed by atoms with van der Waals surface area (Å²) in [4.78, 5) is 0. The molecule has 3 aromatic rings. The van der Waals surface area contributed by atoms with Crippen LogP contribution in [-0.4, -0.2) is 38.2 Å². The van der Waals surface area contributed by atoms with Crippen LogP contribution >= 0.6 is 0 Å². The van der Waals surface area contributed by atoms with Crippen LogP contribution in [0.5, 0.6) is 23.0 Å². The van der Waals surface area contributed by atoms with E-state index in [1.165, 1.54) is 0 Å². The molecule has 1 heterocycles. The van der Waals surface area contributed by atoms with Crippen LogP contribution in [0.25, 0.3) is 16.9 Å². The molecule has 0 aliphatic rings. The van der Waals surface area contributed by atoms with E-state index in [9.17, 15) is 0 Å². The van der Waals surface area contributed by atoms with Gasteiger partial charge in [0, 0.05) is 11.6 Å². The summed E-state index contributed by atoms with van der Waals surface area (Å²) >= 11 is 0. The van der Waals surface area contributed by atoms with Crippen molar-refractivity contribution in [2.45, 2.75) is 0 Å². The Balaban J connectivity index is 2.13. The van der Waals surface area contributed by atoms with Crippen molar-refractivity contribution in [3.63, 3.8) is 0 Å². The first-order valence-corrected chi connectivity index (χ1v) is 7.70. The lowest BCUT2D eigenvalue weighted by Gasteiger charge is -2.14. The molecule has 0 atom stereocenters. The molecular weight excluding hydrogens is 320 g/mol. The average Bonchev–Trinajstić information content (AvgIpc) is 3.16. The van der Waals surface area contributed by atoms with Crippen LogP contribution in [0, 0.1) is 0 Å². The van der Waals surface area contributed by atoms with Gasteiger partial charge in [-0.05, 0) is 36.4 Å². The number of methoxy groups -OCH3 is 4. The van der Waals surface area contributed by atoms with Gasteiger partial charge >= 0.3 is 0 Å². The fourth-order valence-corrected chi connectivity index (χ4v) is 2.68. The third-order valence-electron chi connectivity index (χ3n) is 3.94. The summed E-state index contributed by atoms with van der Waals surface area (Å²) in [6, 6.07) is 13.2. The molecule has 0 bridgehead atoms. The van der Waals surface area contributed by atoms with E-state index < -0.39 is 0 Å². The Morgan fingerprint density at radius 3 is 2.12 bits per heavy atom. The van der Waals surface area contributed by atoms with Gasteiger partial charge in [0.25, 0.3) is 0 Å². The van der Waals surface area contributed by atoms with E-state index in [2.05, 4.69) is 5.10 Å². The predicted octanol–water partition coefficient (Wildman–Crippen LogP) is 3.57. The molecule has 25 heavy (non-hydrogen) atoms. The molecule has 3 rings (SSSR count). The number of hydrogen-bond acceptors (Lipinski definition) is 5. The second-order valence-corrected chi connectivity index (χ2v) is 5.23. The lowest BCUT2D eigenvalue weighted by molar-refractivity contribution is 0.355. The Labute approximate surface area is 146 Å². The maximum Gasteiger partial charge on any atom is 0.162 e. The minimum atomic E-state index is 0.638. The summed E-state index contributed by atoms with van der Waals surface area (Å²) in [6.07, 6.45) is 1.74. The molecule has 1 aromatic heterocycles. The highest BCUT2D eigenvalue weighted by atomic mass is 16.5. The number of ether oxygens (including phenoxy) is 4. The molecule has 6 heteroatoms. The standard InChI is InChI=1S/C19H20N2O4/c1-22-14-6-8-17(23-2)15(12-14)16-9-10-20-21(16)13-5-7-18(24-3)19(11-13)25-4/h5-12H,1-4H3. The molecule has 0 unspecified atom stereocenters. The van der Waals surface area contributed by atoms with Crippen molar-refractivity contribution in [2.24, 2.45) is 0 Å². The van der Waals surface area contributed by atoms with E-state index in [1.54, 1.807) is 34.6 Å². The van der Waals surface area contributed by atoms with E-state index in [0.717, 1.165) is 28.4 Å². The lowest BCUT2D eigenvalue weighted by atomic mass is 10.1. The fraction of sp³-hybridized carbons (Fsp3) is 0.211. The van der Waals surface area contributed by atoms with Gasteiger partial charge in [0.1, 0.15) is 11.5 Å². The summed E-state index contributed by atoms with van der Waals surface area (Å²) in [5.41, 5.74) is 2.61. The average molecular weight is 340 g/mol. The molecule has 0 saturated carbocycles. The fourth-order valence-electron chi connectivity index (χ4n) is 2.68. The van der Waals surface area contributed by atoms with Gasteiger partial charge in [-0.2, -0.15) is 5.10 Å². The third kappa shape index (κ3) is 3.10. The van der Waals surface area contributed by atoms with E-state index in [-0.39, 0.29) is 0 Å². The Morgan fingerprint density at radius 2 is 1.44 bits per heavy atom. The largest absolute Gasteiger partial charge is 0.497 e. The molecule has 6 nitrogen and oxygen atoms in total. The monoisotopic (exact) mass is 340 g/mol. The molecule has 0 aliphatic carbocycles. The first-order chi connectivity index (χ1) is 12.2. The molecule has 0 radical (unpaired) electrons. The molecular formula is C19H20N2O4. The van der Waals surface area contributed by atoms with Crippen molar-refractivity contribution in [1.29, 1.82) is 0 Å². The van der Waals surface area contributed by atoms with E-state index in [1.807, 2.05) is 47.1 Å². The summed E-state index contributed by atoms with van der Waals surface area (Å²) in [6.45, 7) is 0. The van der Waals surface area contributed by atoms with Crippen LogP contribution in [0.15, 0.2) is 48.7 Å². The topological polar surface area (TPSA) is 54.7 Å². The maximum atomic E-state index is 5.50. The molecule has 0 fully saturated rings. The summed E-state index contributed by atoms with van der Waals surface area (Å²) in [5, 5.41) is 4.45. The lowest BCUT2D eigenvalue weighted by Crippen LogP contribution is -2.01. The molecule has 0 N–H and O–H groups in total. The van der Waals surface area contributed by atoms with Gasteiger partial charge in [-0.3, -0.25) is 0 Å². The van der Waals surface area contributed by atoms with Gasteiger partial charge in [-0.15, -0.1) is 0 Å². The van der Waals surface area contributed by atoms with Gasteiger partial charge in [0.2, 0.25) is 0 Å². The summed E-state index contributed by atoms with van der Waals surface area (Å²) < 4.78 is 23.4. The Hall–Kier alpha value is -3.15. The van der Waals surface area contributed by atoms with E-state index in [0.29, 0.717) is 11.5 Å². The second-order valence-electron chi connectivity index (χ2n) is 5.23. The number of rotatable bonds is 6. The molecule has 0 spiro atoms. The van der Waals surface area contributed by atoms with Crippen molar-refractivity contribution in [3.8, 4) is 39.9 Å². The maximum absolute atomic E-state index is 5.50. The van der Waals surface area contributed by atoms with Crippen molar-refractivity contribution in [3.05, 3.63) is 48.7 Å². The van der Waals surface area contributed by atoms with Crippen LogP contribution in [0.2, 0.25) is 0 Å². The molecule has 130 valence electrons. The predicted molar refractivity (Wildman–Crippen MR) is 95.2 cm³/mol. The van der Waals surface area contributed by atoms with Crippen LogP contribution in [0.1, 0.15) is 0 Å². The smallest absolute Gasteiger partial charge is 0.162 e. The highest BCUT2D eigenvalue weighted by molar-refractivity contribution is 5.71. The highest BCUT2D eigenvalue weighted by Crippen LogP contribution is 2.36. The van der Waals surface area contributed by atoms with Gasteiger partial charge in [0.15, 0.2) is 11.5 Å². The molecule has 0 saturated heterocycles. The van der Waals surface area contributed by atoms with Crippen molar-refractivity contribution in [1.82, 2.24) is 9.78 Å². The zero-order chi connectivity index (χ0) is 17.8. The van der Waals surface area contributed by atoms with Crippen molar-refractivity contribution < 1.29 is 18.9 Å². The quantitative estimate of drug-likeness (QED) is 0.686. The van der Waals surface area contributed by atoms with E-state index in [4.69, 9.17) is 18.9 Å². The number of nitrogens with zero attached hydrogens (tertiary/aromatic N) is 2. The summed E-state index contributed by atoms with van der Waals surface area (Å²) in [7, 11) is 6.49. The Bertz CT molecular complexity index is 874. The summed E-state index contributed by atoms with van der Waals surface area (Å²) in [5.74, 6) is 2.79. The third-order valence-corrected chi connectivity index (χ3v) is 3.94. The van der Waals surface area contributed by atoms with Gasteiger partial charge in [-0.25, -0.2) is 4.68 Å². The Kier molecular flexibility index (Phi) is 4.79. The normalized spacial score (nSPS) is 10.4. The second kappa shape index (κ2) is 7.17. The minimum absolute atomic E-state index is 0.638. The number of benzene rings is 2. The van der Waals surface area contributed by atoms with Crippen LogP contribution < -0.4 is 18.9 Å². The SMILES string of the molecule is COc1ccc(OC)c(-c2ccnn2-c2ccc(OC)c(OC)c2)c1.